The zero-order valence-corrected chi connectivity index (χ0v) is 11.4. The molecule has 2 nitrogen and oxygen atoms in total. The average Bonchev–Trinajstić information content (AvgIpc) is 2.26. The standard InChI is InChI=1S/C15H25NO/c1-11(2)5-10-15(16)13-6-8-14(9-7-13)17-12(3)4/h6-9,11-12,15H,5,10,16H2,1-4H3. The van der Waals surface area contributed by atoms with Gasteiger partial charge in [-0.3, -0.25) is 0 Å². The lowest BCUT2D eigenvalue weighted by Gasteiger charge is -2.15. The molecular formula is C15H25NO. The Labute approximate surface area is 105 Å². The Morgan fingerprint density at radius 1 is 1.00 bits per heavy atom. The highest BCUT2D eigenvalue weighted by Crippen LogP contribution is 2.21. The molecule has 96 valence electrons. The van der Waals surface area contributed by atoms with Crippen LogP contribution in [0.3, 0.4) is 0 Å². The summed E-state index contributed by atoms with van der Waals surface area (Å²) in [5, 5.41) is 0. The van der Waals surface area contributed by atoms with E-state index in [1.54, 1.807) is 0 Å². The zero-order valence-electron chi connectivity index (χ0n) is 11.4. The van der Waals surface area contributed by atoms with Gasteiger partial charge in [0, 0.05) is 6.04 Å². The molecule has 1 rings (SSSR count). The topological polar surface area (TPSA) is 35.2 Å². The van der Waals surface area contributed by atoms with Crippen LogP contribution in [0.5, 0.6) is 5.75 Å². The largest absolute Gasteiger partial charge is 0.491 e. The summed E-state index contributed by atoms with van der Waals surface area (Å²) in [6.45, 7) is 8.52. The minimum Gasteiger partial charge on any atom is -0.491 e. The van der Waals surface area contributed by atoms with Gasteiger partial charge in [0.05, 0.1) is 6.10 Å². The third-order valence-electron chi connectivity index (χ3n) is 2.74. The van der Waals surface area contributed by atoms with Crippen molar-refractivity contribution in [3.05, 3.63) is 29.8 Å². The fourth-order valence-electron chi connectivity index (χ4n) is 1.75. The normalized spacial score (nSPS) is 13.1. The maximum Gasteiger partial charge on any atom is 0.119 e. The smallest absolute Gasteiger partial charge is 0.119 e. The molecule has 2 heteroatoms. The molecule has 0 heterocycles. The van der Waals surface area contributed by atoms with Gasteiger partial charge in [-0.1, -0.05) is 26.0 Å². The second-order valence-corrected chi connectivity index (χ2v) is 5.31. The average molecular weight is 235 g/mol. The van der Waals surface area contributed by atoms with Crippen molar-refractivity contribution in [1.29, 1.82) is 0 Å². The van der Waals surface area contributed by atoms with Crippen LogP contribution in [0.25, 0.3) is 0 Å². The van der Waals surface area contributed by atoms with E-state index in [1.807, 2.05) is 26.0 Å². The van der Waals surface area contributed by atoms with Gasteiger partial charge in [-0.2, -0.15) is 0 Å². The van der Waals surface area contributed by atoms with Gasteiger partial charge in [0.2, 0.25) is 0 Å². The first-order valence-electron chi connectivity index (χ1n) is 6.51. The molecule has 1 aromatic rings. The van der Waals surface area contributed by atoms with Crippen LogP contribution in [0.2, 0.25) is 0 Å². The second kappa shape index (κ2) is 6.65. The van der Waals surface area contributed by atoms with E-state index in [0.29, 0.717) is 5.92 Å². The zero-order chi connectivity index (χ0) is 12.8. The number of rotatable bonds is 6. The molecule has 0 aliphatic carbocycles. The van der Waals surface area contributed by atoms with E-state index in [0.717, 1.165) is 12.2 Å². The summed E-state index contributed by atoms with van der Waals surface area (Å²) in [7, 11) is 0. The minimum atomic E-state index is 0.144. The van der Waals surface area contributed by atoms with Crippen LogP contribution in [-0.2, 0) is 0 Å². The first-order chi connectivity index (χ1) is 7.99. The molecule has 1 atom stereocenters. The van der Waals surface area contributed by atoms with Gasteiger partial charge in [0.1, 0.15) is 5.75 Å². The lowest BCUT2D eigenvalue weighted by Crippen LogP contribution is -2.11. The summed E-state index contributed by atoms with van der Waals surface area (Å²) in [4.78, 5) is 0. The molecule has 0 spiro atoms. The van der Waals surface area contributed by atoms with Crippen molar-refractivity contribution in [2.24, 2.45) is 11.7 Å². The molecule has 1 aromatic carbocycles. The number of benzene rings is 1. The van der Waals surface area contributed by atoms with Crippen LogP contribution in [0.1, 0.15) is 52.1 Å². The van der Waals surface area contributed by atoms with Crippen molar-refractivity contribution in [3.8, 4) is 5.75 Å². The summed E-state index contributed by atoms with van der Waals surface area (Å²) in [6, 6.07) is 8.30. The molecule has 0 saturated carbocycles. The minimum absolute atomic E-state index is 0.144. The van der Waals surface area contributed by atoms with Crippen LogP contribution in [-0.4, -0.2) is 6.10 Å². The Hall–Kier alpha value is -1.02. The number of hydrogen-bond donors (Lipinski definition) is 1. The van der Waals surface area contributed by atoms with Crippen LogP contribution in [0.15, 0.2) is 24.3 Å². The highest BCUT2D eigenvalue weighted by atomic mass is 16.5. The molecule has 0 aromatic heterocycles. The summed E-state index contributed by atoms with van der Waals surface area (Å²) >= 11 is 0. The Balaban J connectivity index is 2.54. The molecule has 0 radical (unpaired) electrons. The van der Waals surface area contributed by atoms with Crippen LogP contribution >= 0.6 is 0 Å². The van der Waals surface area contributed by atoms with E-state index in [2.05, 4.69) is 26.0 Å². The van der Waals surface area contributed by atoms with E-state index in [-0.39, 0.29) is 12.1 Å². The Morgan fingerprint density at radius 2 is 1.59 bits per heavy atom. The molecule has 0 aliphatic rings. The predicted octanol–water partition coefficient (Wildman–Crippen LogP) is 3.91. The van der Waals surface area contributed by atoms with E-state index in [1.165, 1.54) is 12.0 Å². The first kappa shape index (κ1) is 14.0. The summed E-state index contributed by atoms with van der Waals surface area (Å²) < 4.78 is 5.61. The van der Waals surface area contributed by atoms with Gasteiger partial charge < -0.3 is 10.5 Å². The van der Waals surface area contributed by atoms with Crippen LogP contribution < -0.4 is 10.5 Å². The van der Waals surface area contributed by atoms with E-state index in [9.17, 15) is 0 Å². The van der Waals surface area contributed by atoms with E-state index in [4.69, 9.17) is 10.5 Å². The van der Waals surface area contributed by atoms with Gasteiger partial charge in [0.25, 0.3) is 0 Å². The van der Waals surface area contributed by atoms with Gasteiger partial charge in [0.15, 0.2) is 0 Å². The number of ether oxygens (including phenoxy) is 1. The monoisotopic (exact) mass is 235 g/mol. The second-order valence-electron chi connectivity index (χ2n) is 5.31. The highest BCUT2D eigenvalue weighted by Gasteiger charge is 2.07. The molecule has 17 heavy (non-hydrogen) atoms. The SMILES string of the molecule is CC(C)CCC(N)c1ccc(OC(C)C)cc1. The summed E-state index contributed by atoms with van der Waals surface area (Å²) in [5.74, 6) is 1.63. The van der Waals surface area contributed by atoms with E-state index >= 15 is 0 Å². The summed E-state index contributed by atoms with van der Waals surface area (Å²) in [5.41, 5.74) is 7.35. The van der Waals surface area contributed by atoms with Gasteiger partial charge in [-0.05, 0) is 50.3 Å². The third kappa shape index (κ3) is 5.22. The van der Waals surface area contributed by atoms with Crippen molar-refractivity contribution in [2.75, 3.05) is 0 Å². The van der Waals surface area contributed by atoms with Crippen molar-refractivity contribution in [1.82, 2.24) is 0 Å². The predicted molar refractivity (Wildman–Crippen MR) is 73.2 cm³/mol. The molecule has 0 saturated heterocycles. The first-order valence-corrected chi connectivity index (χ1v) is 6.51. The third-order valence-corrected chi connectivity index (χ3v) is 2.74. The molecule has 0 aliphatic heterocycles. The highest BCUT2D eigenvalue weighted by molar-refractivity contribution is 5.29. The number of nitrogens with two attached hydrogens (primary N) is 1. The van der Waals surface area contributed by atoms with Crippen LogP contribution in [0, 0.1) is 5.92 Å². The lowest BCUT2D eigenvalue weighted by molar-refractivity contribution is 0.242. The fraction of sp³-hybridized carbons (Fsp3) is 0.600. The Bertz CT molecular complexity index is 316. The maximum absolute atomic E-state index is 6.15. The van der Waals surface area contributed by atoms with Crippen molar-refractivity contribution >= 4 is 0 Å². The maximum atomic E-state index is 6.15. The fourth-order valence-corrected chi connectivity index (χ4v) is 1.75. The van der Waals surface area contributed by atoms with Crippen LogP contribution in [0.4, 0.5) is 0 Å². The molecule has 2 N–H and O–H groups in total. The molecule has 0 fully saturated rings. The van der Waals surface area contributed by atoms with Gasteiger partial charge in [-0.25, -0.2) is 0 Å². The lowest BCUT2D eigenvalue weighted by atomic mass is 9.98. The number of hydrogen-bond acceptors (Lipinski definition) is 2. The molecule has 0 bridgehead atoms. The van der Waals surface area contributed by atoms with Gasteiger partial charge in [-0.15, -0.1) is 0 Å². The van der Waals surface area contributed by atoms with Crippen molar-refractivity contribution < 1.29 is 4.74 Å². The van der Waals surface area contributed by atoms with Gasteiger partial charge >= 0.3 is 0 Å². The molecule has 1 unspecified atom stereocenters. The summed E-state index contributed by atoms with van der Waals surface area (Å²) in [6.07, 6.45) is 2.43. The Kier molecular flexibility index (Phi) is 5.49. The molecular weight excluding hydrogens is 210 g/mol. The van der Waals surface area contributed by atoms with Crippen molar-refractivity contribution in [3.63, 3.8) is 0 Å². The van der Waals surface area contributed by atoms with Crippen molar-refractivity contribution in [2.45, 2.75) is 52.7 Å². The van der Waals surface area contributed by atoms with E-state index < -0.39 is 0 Å². The Morgan fingerprint density at radius 3 is 2.06 bits per heavy atom. The quantitative estimate of drug-likeness (QED) is 0.811. The molecule has 0 amide bonds.